The van der Waals surface area contributed by atoms with Crippen LogP contribution in [-0.4, -0.2) is 34.3 Å². The summed E-state index contributed by atoms with van der Waals surface area (Å²) in [5, 5.41) is 1.53. The summed E-state index contributed by atoms with van der Waals surface area (Å²) in [6, 6.07) is 7.33. The van der Waals surface area contributed by atoms with Gasteiger partial charge in [0, 0.05) is 28.5 Å². The molecular weight excluding hydrogens is 302 g/mol. The smallest absolute Gasteiger partial charge is 0.270 e. The van der Waals surface area contributed by atoms with Gasteiger partial charge in [0.15, 0.2) is 0 Å². The molecule has 2 atom stereocenters. The highest BCUT2D eigenvalue weighted by Crippen LogP contribution is 2.25. The van der Waals surface area contributed by atoms with Gasteiger partial charge >= 0.3 is 0 Å². The Morgan fingerprint density at radius 3 is 2.82 bits per heavy atom. The van der Waals surface area contributed by atoms with Crippen molar-refractivity contribution in [3.63, 3.8) is 0 Å². The minimum absolute atomic E-state index is 0.0955. The summed E-state index contributed by atoms with van der Waals surface area (Å²) in [5.41, 5.74) is 6.77. The fourth-order valence-corrected chi connectivity index (χ4v) is 3.18. The minimum atomic E-state index is -0.340. The number of carbonyl (C=O) groups excluding carboxylic acids is 2. The lowest BCUT2D eigenvalue weighted by atomic mass is 9.92. The summed E-state index contributed by atoms with van der Waals surface area (Å²) < 4.78 is 0. The van der Waals surface area contributed by atoms with Gasteiger partial charge in [-0.1, -0.05) is 11.6 Å². The molecule has 5 nitrogen and oxygen atoms in total. The molecule has 2 amide bonds. The third-order valence-electron chi connectivity index (χ3n) is 4.36. The number of amides is 2. The number of fused-ring (bicyclic) bond motifs is 1. The van der Waals surface area contributed by atoms with Gasteiger partial charge in [0.05, 0.1) is 5.92 Å². The van der Waals surface area contributed by atoms with E-state index in [1.807, 2.05) is 19.1 Å². The largest absolute Gasteiger partial charge is 0.369 e. The number of aromatic nitrogens is 1. The standard InChI is InChI=1S/C16H18ClN3O2/c1-9-2-3-10(15(18)21)8-20(9)16(22)14-7-11-6-12(17)4-5-13(11)19-14/h4-7,9-10,19H,2-3,8H2,1H3,(H2,18,21)/t9-,10-/m1/s1. The molecule has 1 aliphatic rings. The topological polar surface area (TPSA) is 79.2 Å². The lowest BCUT2D eigenvalue weighted by molar-refractivity contribution is -0.123. The first-order chi connectivity index (χ1) is 10.5. The maximum Gasteiger partial charge on any atom is 0.270 e. The predicted octanol–water partition coefficient (Wildman–Crippen LogP) is 2.55. The average molecular weight is 320 g/mol. The van der Waals surface area contributed by atoms with Gasteiger partial charge in [-0.2, -0.15) is 0 Å². The van der Waals surface area contributed by atoms with Crippen LogP contribution in [0.3, 0.4) is 0 Å². The normalized spacial score (nSPS) is 22.0. The lowest BCUT2D eigenvalue weighted by Gasteiger charge is -2.36. The minimum Gasteiger partial charge on any atom is -0.369 e. The number of piperidine rings is 1. The Labute approximate surface area is 133 Å². The van der Waals surface area contributed by atoms with E-state index in [1.165, 1.54) is 0 Å². The van der Waals surface area contributed by atoms with Crippen molar-refractivity contribution in [3.8, 4) is 0 Å². The number of primary amides is 1. The van der Waals surface area contributed by atoms with Crippen LogP contribution in [0.4, 0.5) is 0 Å². The highest BCUT2D eigenvalue weighted by atomic mass is 35.5. The van der Waals surface area contributed by atoms with E-state index in [1.54, 1.807) is 17.0 Å². The molecule has 0 radical (unpaired) electrons. The second-order valence-electron chi connectivity index (χ2n) is 5.90. The predicted molar refractivity (Wildman–Crippen MR) is 85.7 cm³/mol. The van der Waals surface area contributed by atoms with Crippen LogP contribution in [0.5, 0.6) is 0 Å². The molecule has 0 spiro atoms. The molecule has 0 aliphatic carbocycles. The molecule has 116 valence electrons. The SMILES string of the molecule is C[C@@H]1CC[C@@H](C(N)=O)CN1C(=O)c1cc2cc(Cl)ccc2[nH]1. The molecule has 2 heterocycles. The van der Waals surface area contributed by atoms with E-state index in [-0.39, 0.29) is 23.8 Å². The van der Waals surface area contributed by atoms with Crippen LogP contribution in [0.15, 0.2) is 24.3 Å². The summed E-state index contributed by atoms with van der Waals surface area (Å²) in [7, 11) is 0. The van der Waals surface area contributed by atoms with Crippen molar-refractivity contribution in [2.24, 2.45) is 11.7 Å². The fraction of sp³-hybridized carbons (Fsp3) is 0.375. The Hall–Kier alpha value is -2.01. The lowest BCUT2D eigenvalue weighted by Crippen LogP contribution is -2.48. The monoisotopic (exact) mass is 319 g/mol. The van der Waals surface area contributed by atoms with Gasteiger partial charge < -0.3 is 15.6 Å². The number of H-pyrrole nitrogens is 1. The first-order valence-electron chi connectivity index (χ1n) is 7.34. The van der Waals surface area contributed by atoms with Crippen molar-refractivity contribution in [1.82, 2.24) is 9.88 Å². The van der Waals surface area contributed by atoms with Crippen molar-refractivity contribution < 1.29 is 9.59 Å². The number of nitrogens with one attached hydrogen (secondary N) is 1. The van der Waals surface area contributed by atoms with Crippen LogP contribution in [0.25, 0.3) is 10.9 Å². The summed E-state index contributed by atoms with van der Waals surface area (Å²) in [5.74, 6) is -0.710. The van der Waals surface area contributed by atoms with E-state index in [2.05, 4.69) is 4.98 Å². The zero-order valence-corrected chi connectivity index (χ0v) is 13.1. The number of carbonyl (C=O) groups is 2. The highest BCUT2D eigenvalue weighted by molar-refractivity contribution is 6.31. The van der Waals surface area contributed by atoms with Crippen molar-refractivity contribution in [2.75, 3.05) is 6.54 Å². The molecule has 6 heteroatoms. The van der Waals surface area contributed by atoms with Gasteiger partial charge in [-0.25, -0.2) is 0 Å². The molecule has 22 heavy (non-hydrogen) atoms. The molecule has 2 aromatic rings. The van der Waals surface area contributed by atoms with Crippen LogP contribution >= 0.6 is 11.6 Å². The molecule has 1 aromatic heterocycles. The van der Waals surface area contributed by atoms with Crippen LogP contribution in [0.1, 0.15) is 30.3 Å². The number of halogens is 1. The van der Waals surface area contributed by atoms with Crippen LogP contribution in [0, 0.1) is 5.92 Å². The van der Waals surface area contributed by atoms with Crippen LogP contribution < -0.4 is 5.73 Å². The molecule has 1 saturated heterocycles. The van der Waals surface area contributed by atoms with Gasteiger partial charge in [0.25, 0.3) is 5.91 Å². The zero-order chi connectivity index (χ0) is 15.9. The first-order valence-corrected chi connectivity index (χ1v) is 7.72. The van der Waals surface area contributed by atoms with E-state index in [9.17, 15) is 9.59 Å². The zero-order valence-electron chi connectivity index (χ0n) is 12.3. The average Bonchev–Trinajstić information content (AvgIpc) is 2.89. The van der Waals surface area contributed by atoms with Gasteiger partial charge in [-0.05, 0) is 44.0 Å². The number of benzene rings is 1. The summed E-state index contributed by atoms with van der Waals surface area (Å²) in [6.07, 6.45) is 1.52. The Kier molecular flexibility index (Phi) is 3.83. The van der Waals surface area contributed by atoms with Crippen molar-refractivity contribution in [1.29, 1.82) is 0 Å². The van der Waals surface area contributed by atoms with Crippen LogP contribution in [-0.2, 0) is 4.79 Å². The number of rotatable bonds is 2. The van der Waals surface area contributed by atoms with E-state index in [4.69, 9.17) is 17.3 Å². The molecule has 3 N–H and O–H groups in total. The number of hydrogen-bond donors (Lipinski definition) is 2. The number of nitrogens with two attached hydrogens (primary N) is 1. The Morgan fingerprint density at radius 2 is 2.09 bits per heavy atom. The quantitative estimate of drug-likeness (QED) is 0.892. The van der Waals surface area contributed by atoms with Gasteiger partial charge in [0.2, 0.25) is 5.91 Å². The molecule has 0 saturated carbocycles. The number of likely N-dealkylation sites (tertiary alicyclic amines) is 1. The third kappa shape index (κ3) is 2.68. The second kappa shape index (κ2) is 5.65. The fourth-order valence-electron chi connectivity index (χ4n) is 3.00. The molecule has 0 bridgehead atoms. The summed E-state index contributed by atoms with van der Waals surface area (Å²) >= 11 is 5.97. The van der Waals surface area contributed by atoms with E-state index < -0.39 is 0 Å². The summed E-state index contributed by atoms with van der Waals surface area (Å²) in [6.45, 7) is 2.38. The Bertz CT molecular complexity index is 740. The van der Waals surface area contributed by atoms with E-state index >= 15 is 0 Å². The Balaban J connectivity index is 1.88. The molecular formula is C16H18ClN3O2. The summed E-state index contributed by atoms with van der Waals surface area (Å²) in [4.78, 5) is 29.0. The number of aromatic amines is 1. The van der Waals surface area contributed by atoms with Crippen molar-refractivity contribution in [2.45, 2.75) is 25.8 Å². The van der Waals surface area contributed by atoms with Crippen molar-refractivity contribution in [3.05, 3.63) is 35.0 Å². The molecule has 1 aliphatic heterocycles. The maximum atomic E-state index is 12.7. The van der Waals surface area contributed by atoms with Gasteiger partial charge in [-0.3, -0.25) is 9.59 Å². The third-order valence-corrected chi connectivity index (χ3v) is 4.59. The number of nitrogens with zero attached hydrogens (tertiary/aromatic N) is 1. The molecule has 1 aromatic carbocycles. The highest BCUT2D eigenvalue weighted by Gasteiger charge is 2.32. The van der Waals surface area contributed by atoms with Gasteiger partial charge in [-0.15, -0.1) is 0 Å². The number of hydrogen-bond acceptors (Lipinski definition) is 2. The Morgan fingerprint density at radius 1 is 1.32 bits per heavy atom. The maximum absolute atomic E-state index is 12.7. The van der Waals surface area contributed by atoms with Crippen LogP contribution in [0.2, 0.25) is 5.02 Å². The van der Waals surface area contributed by atoms with E-state index in [0.29, 0.717) is 17.3 Å². The second-order valence-corrected chi connectivity index (χ2v) is 6.33. The first kappa shape index (κ1) is 14.9. The molecule has 1 fully saturated rings. The van der Waals surface area contributed by atoms with E-state index in [0.717, 1.165) is 23.7 Å². The van der Waals surface area contributed by atoms with Gasteiger partial charge in [0.1, 0.15) is 5.69 Å². The molecule has 0 unspecified atom stereocenters. The molecule has 3 rings (SSSR count). The van der Waals surface area contributed by atoms with Crippen molar-refractivity contribution >= 4 is 34.3 Å².